The number of hydrogen-bond donors (Lipinski definition) is 1. The number of urea groups is 1. The van der Waals surface area contributed by atoms with Crippen LogP contribution in [0.25, 0.3) is 0 Å². The molecule has 0 saturated heterocycles. The number of rotatable bonds is 4. The zero-order chi connectivity index (χ0) is 16.9. The maximum atomic E-state index is 12.3. The summed E-state index contributed by atoms with van der Waals surface area (Å²) in [7, 11) is 1.76. The molecule has 0 bridgehead atoms. The SMILES string of the molecule is CCN1C[C@H](CN(C)C(=O)Nc2ccccn2)Oc2ccccc21. The molecule has 1 aliphatic heterocycles. The smallest absolute Gasteiger partial charge is 0.322 e. The van der Waals surface area contributed by atoms with Crippen LogP contribution in [0.3, 0.4) is 0 Å². The van der Waals surface area contributed by atoms with Gasteiger partial charge < -0.3 is 14.5 Å². The Morgan fingerprint density at radius 2 is 2.12 bits per heavy atom. The Morgan fingerprint density at radius 3 is 2.88 bits per heavy atom. The zero-order valence-corrected chi connectivity index (χ0v) is 14.0. The van der Waals surface area contributed by atoms with Gasteiger partial charge in [0.15, 0.2) is 0 Å². The van der Waals surface area contributed by atoms with Crippen molar-refractivity contribution in [2.75, 3.05) is 36.9 Å². The number of nitrogens with one attached hydrogen (secondary N) is 1. The van der Waals surface area contributed by atoms with Gasteiger partial charge in [-0.1, -0.05) is 18.2 Å². The third-order valence-corrected chi connectivity index (χ3v) is 4.03. The predicted molar refractivity (Wildman–Crippen MR) is 94.6 cm³/mol. The van der Waals surface area contributed by atoms with E-state index >= 15 is 0 Å². The van der Waals surface area contributed by atoms with Crippen LogP contribution in [0, 0.1) is 0 Å². The maximum absolute atomic E-state index is 12.3. The highest BCUT2D eigenvalue weighted by molar-refractivity contribution is 5.88. The van der Waals surface area contributed by atoms with Gasteiger partial charge in [-0.15, -0.1) is 0 Å². The Labute approximate surface area is 142 Å². The number of benzene rings is 1. The van der Waals surface area contributed by atoms with Crippen LogP contribution in [0.1, 0.15) is 6.92 Å². The second-order valence-electron chi connectivity index (χ2n) is 5.77. The highest BCUT2D eigenvalue weighted by Gasteiger charge is 2.26. The molecule has 1 atom stereocenters. The minimum atomic E-state index is -0.195. The molecule has 3 rings (SSSR count). The van der Waals surface area contributed by atoms with Gasteiger partial charge in [0.1, 0.15) is 17.7 Å². The fourth-order valence-electron chi connectivity index (χ4n) is 2.80. The molecule has 0 radical (unpaired) electrons. The number of para-hydroxylation sites is 2. The number of pyridine rings is 1. The molecule has 2 amide bonds. The molecule has 0 spiro atoms. The summed E-state index contributed by atoms with van der Waals surface area (Å²) in [5.74, 6) is 1.41. The molecule has 0 unspecified atom stereocenters. The summed E-state index contributed by atoms with van der Waals surface area (Å²) in [6.45, 7) is 4.29. The van der Waals surface area contributed by atoms with Crippen molar-refractivity contribution >= 4 is 17.5 Å². The first-order valence-corrected chi connectivity index (χ1v) is 8.11. The van der Waals surface area contributed by atoms with Crippen LogP contribution in [0.5, 0.6) is 5.75 Å². The van der Waals surface area contributed by atoms with Crippen molar-refractivity contribution in [1.29, 1.82) is 0 Å². The van der Waals surface area contributed by atoms with Crippen molar-refractivity contribution < 1.29 is 9.53 Å². The van der Waals surface area contributed by atoms with Crippen molar-refractivity contribution in [3.63, 3.8) is 0 Å². The number of amides is 2. The molecule has 1 aromatic heterocycles. The summed E-state index contributed by atoms with van der Waals surface area (Å²) in [4.78, 5) is 20.3. The molecule has 0 saturated carbocycles. The standard InChI is InChI=1S/C18H22N4O2/c1-3-22-13-14(24-16-9-5-4-8-15(16)22)12-21(2)18(23)20-17-10-6-7-11-19-17/h4-11,14H,3,12-13H2,1-2H3,(H,19,20,23)/t14-/m0/s1. The fraction of sp³-hybridized carbons (Fsp3) is 0.333. The van der Waals surface area contributed by atoms with Gasteiger partial charge in [-0.2, -0.15) is 0 Å². The van der Waals surface area contributed by atoms with E-state index in [0.29, 0.717) is 12.4 Å². The minimum Gasteiger partial charge on any atom is -0.485 e. The molecule has 126 valence electrons. The lowest BCUT2D eigenvalue weighted by Crippen LogP contribution is -2.47. The van der Waals surface area contributed by atoms with E-state index in [-0.39, 0.29) is 12.1 Å². The van der Waals surface area contributed by atoms with Crippen LogP contribution in [0.15, 0.2) is 48.7 Å². The van der Waals surface area contributed by atoms with E-state index in [0.717, 1.165) is 24.5 Å². The molecule has 6 nitrogen and oxygen atoms in total. The number of carbonyl (C=O) groups is 1. The van der Waals surface area contributed by atoms with Gasteiger partial charge in [0.25, 0.3) is 0 Å². The number of carbonyl (C=O) groups excluding carboxylic acids is 1. The Bertz CT molecular complexity index is 692. The highest BCUT2D eigenvalue weighted by Crippen LogP contribution is 2.32. The first-order chi connectivity index (χ1) is 11.7. The molecule has 1 aromatic carbocycles. The number of nitrogens with zero attached hydrogens (tertiary/aromatic N) is 3. The van der Waals surface area contributed by atoms with E-state index in [1.54, 1.807) is 24.2 Å². The lowest BCUT2D eigenvalue weighted by molar-refractivity contribution is 0.150. The third-order valence-electron chi connectivity index (χ3n) is 4.03. The predicted octanol–water partition coefficient (Wildman–Crippen LogP) is 2.83. The highest BCUT2D eigenvalue weighted by atomic mass is 16.5. The van der Waals surface area contributed by atoms with E-state index in [4.69, 9.17) is 4.74 Å². The summed E-state index contributed by atoms with van der Waals surface area (Å²) in [5.41, 5.74) is 1.11. The quantitative estimate of drug-likeness (QED) is 0.939. The minimum absolute atomic E-state index is 0.0701. The molecule has 1 N–H and O–H groups in total. The van der Waals surface area contributed by atoms with Crippen molar-refractivity contribution in [2.24, 2.45) is 0 Å². The Morgan fingerprint density at radius 1 is 1.33 bits per heavy atom. The molecule has 0 fully saturated rings. The summed E-state index contributed by atoms with van der Waals surface area (Å²) >= 11 is 0. The van der Waals surface area contributed by atoms with Gasteiger partial charge in [0, 0.05) is 19.8 Å². The van der Waals surface area contributed by atoms with Crippen LogP contribution >= 0.6 is 0 Å². The number of hydrogen-bond acceptors (Lipinski definition) is 4. The third kappa shape index (κ3) is 3.59. The van der Waals surface area contributed by atoms with Crippen LogP contribution in [0.2, 0.25) is 0 Å². The van der Waals surface area contributed by atoms with Gasteiger partial charge in [0.05, 0.1) is 18.8 Å². The lowest BCUT2D eigenvalue weighted by Gasteiger charge is -2.37. The average Bonchev–Trinajstić information content (AvgIpc) is 2.61. The molecule has 6 heteroatoms. The molecule has 2 heterocycles. The van der Waals surface area contributed by atoms with Gasteiger partial charge in [0.2, 0.25) is 0 Å². The van der Waals surface area contributed by atoms with Gasteiger partial charge in [-0.25, -0.2) is 9.78 Å². The molecule has 24 heavy (non-hydrogen) atoms. The number of fused-ring (bicyclic) bond motifs is 1. The van der Waals surface area contributed by atoms with Crippen LogP contribution in [0.4, 0.5) is 16.3 Å². The fourth-order valence-corrected chi connectivity index (χ4v) is 2.80. The number of ether oxygens (including phenoxy) is 1. The van der Waals surface area contributed by atoms with Gasteiger partial charge in [-0.3, -0.25) is 5.32 Å². The Hall–Kier alpha value is -2.76. The topological polar surface area (TPSA) is 57.7 Å². The Balaban J connectivity index is 1.62. The number of anilines is 2. The molecular weight excluding hydrogens is 304 g/mol. The largest absolute Gasteiger partial charge is 0.485 e. The normalized spacial score (nSPS) is 16.1. The monoisotopic (exact) mass is 326 g/mol. The van der Waals surface area contributed by atoms with Crippen molar-refractivity contribution in [1.82, 2.24) is 9.88 Å². The average molecular weight is 326 g/mol. The van der Waals surface area contributed by atoms with E-state index < -0.39 is 0 Å². The van der Waals surface area contributed by atoms with Gasteiger partial charge >= 0.3 is 6.03 Å². The molecule has 0 aliphatic carbocycles. The van der Waals surface area contributed by atoms with Crippen LogP contribution < -0.4 is 15.0 Å². The van der Waals surface area contributed by atoms with Crippen LogP contribution in [-0.4, -0.2) is 48.7 Å². The molecule has 1 aliphatic rings. The first-order valence-electron chi connectivity index (χ1n) is 8.11. The molecule has 2 aromatic rings. The summed E-state index contributed by atoms with van der Waals surface area (Å²) in [6, 6.07) is 13.2. The number of aromatic nitrogens is 1. The van der Waals surface area contributed by atoms with E-state index in [1.807, 2.05) is 30.3 Å². The second-order valence-corrected chi connectivity index (χ2v) is 5.77. The van der Waals surface area contributed by atoms with Gasteiger partial charge in [-0.05, 0) is 31.2 Å². The molecular formula is C18H22N4O2. The van der Waals surface area contributed by atoms with E-state index in [9.17, 15) is 4.79 Å². The maximum Gasteiger partial charge on any atom is 0.322 e. The van der Waals surface area contributed by atoms with Crippen molar-refractivity contribution in [3.8, 4) is 5.75 Å². The van der Waals surface area contributed by atoms with E-state index in [1.165, 1.54) is 0 Å². The van der Waals surface area contributed by atoms with Crippen LogP contribution in [-0.2, 0) is 0 Å². The Kier molecular flexibility index (Phi) is 4.84. The summed E-state index contributed by atoms with van der Waals surface area (Å²) < 4.78 is 6.06. The first kappa shape index (κ1) is 16.1. The summed E-state index contributed by atoms with van der Waals surface area (Å²) in [5, 5.41) is 2.78. The van der Waals surface area contributed by atoms with Crippen molar-refractivity contribution in [2.45, 2.75) is 13.0 Å². The van der Waals surface area contributed by atoms with E-state index in [2.05, 4.69) is 28.2 Å². The van der Waals surface area contributed by atoms with Crippen molar-refractivity contribution in [3.05, 3.63) is 48.7 Å². The summed E-state index contributed by atoms with van der Waals surface area (Å²) in [6.07, 6.45) is 1.58. The number of likely N-dealkylation sites (N-methyl/N-ethyl adjacent to an activating group) is 2. The zero-order valence-electron chi connectivity index (χ0n) is 14.0. The second kappa shape index (κ2) is 7.21. The lowest BCUT2D eigenvalue weighted by atomic mass is 10.2.